The van der Waals surface area contributed by atoms with Gasteiger partial charge in [0.25, 0.3) is 0 Å². The predicted octanol–water partition coefficient (Wildman–Crippen LogP) is -3.34. The van der Waals surface area contributed by atoms with Gasteiger partial charge in [0.1, 0.15) is 6.10 Å². The zero-order valence-corrected chi connectivity index (χ0v) is 8.82. The van der Waals surface area contributed by atoms with E-state index in [1.807, 2.05) is 0 Å². The molecule has 0 radical (unpaired) electrons. The third-order valence-corrected chi connectivity index (χ3v) is 0.786. The molecule has 0 aliphatic carbocycles. The van der Waals surface area contributed by atoms with Crippen molar-refractivity contribution >= 4 is 0 Å². The second-order valence-corrected chi connectivity index (χ2v) is 2.50. The fourth-order valence-electron chi connectivity index (χ4n) is 0.0577. The van der Waals surface area contributed by atoms with Gasteiger partial charge in [0.15, 0.2) is 0 Å². The van der Waals surface area contributed by atoms with E-state index in [-0.39, 0.29) is 33.0 Å². The van der Waals surface area contributed by atoms with Crippen LogP contribution in [0.1, 0.15) is 6.92 Å². The van der Waals surface area contributed by atoms with Crippen molar-refractivity contribution in [3.63, 3.8) is 0 Å². The van der Waals surface area contributed by atoms with Crippen molar-refractivity contribution in [2.45, 2.75) is 19.1 Å². The van der Waals surface area contributed by atoms with Crippen LogP contribution in [0.4, 0.5) is 0 Å². The van der Waals surface area contributed by atoms with Gasteiger partial charge >= 0.3 is 0 Å². The fourth-order valence-corrected chi connectivity index (χ4v) is 0.0577. The van der Waals surface area contributed by atoms with E-state index in [1.54, 1.807) is 0 Å². The lowest BCUT2D eigenvalue weighted by molar-refractivity contribution is 0.0450. The Labute approximate surface area is 88.9 Å². The predicted molar refractivity (Wildman–Crippen MR) is 53.1 cm³/mol. The summed E-state index contributed by atoms with van der Waals surface area (Å²) in [6.45, 7) is 0.410. The van der Waals surface area contributed by atoms with Crippen LogP contribution in [0.25, 0.3) is 0 Å². The molecule has 15 heavy (non-hydrogen) atoms. The second kappa shape index (κ2) is 19.3. The zero-order valence-electron chi connectivity index (χ0n) is 8.82. The van der Waals surface area contributed by atoms with Crippen LogP contribution in [0.2, 0.25) is 0 Å². The van der Waals surface area contributed by atoms with E-state index in [4.69, 9.17) is 35.7 Å². The lowest BCUT2D eigenvalue weighted by atomic mass is 10.4. The Morgan fingerprint density at radius 1 is 0.733 bits per heavy atom. The average molecular weight is 230 g/mol. The summed E-state index contributed by atoms with van der Waals surface area (Å²) in [7, 11) is 0. The second-order valence-electron chi connectivity index (χ2n) is 2.50. The largest absolute Gasteiger partial charge is 0.394 e. The van der Waals surface area contributed by atoms with Gasteiger partial charge in [-0.1, -0.05) is 0 Å². The Hall–Kier alpha value is -0.280. The van der Waals surface area contributed by atoms with Gasteiger partial charge < -0.3 is 35.7 Å². The third-order valence-electron chi connectivity index (χ3n) is 0.786. The van der Waals surface area contributed by atoms with Crippen molar-refractivity contribution in [3.8, 4) is 0 Å². The number of hydrogen-bond donors (Lipinski definition) is 7. The molecular weight excluding hydrogens is 208 g/mol. The molecule has 0 aliphatic rings. The Bertz CT molecular complexity index is 83.1. The van der Waals surface area contributed by atoms with E-state index in [9.17, 15) is 0 Å². The van der Waals surface area contributed by atoms with Crippen molar-refractivity contribution in [1.82, 2.24) is 0 Å². The molecule has 0 aromatic rings. The standard InChI is InChI=1S/C3H8O3.C3H8O2.C2H6O2/c4-1-3(6)2-5;1-3(5)2-4;3-1-2-4/h3-6H,1-2H2;3-5H,2H2,1H3;3-4H,1-2H2. The minimum atomic E-state index is -0.954. The van der Waals surface area contributed by atoms with Crippen LogP contribution in [0.5, 0.6) is 0 Å². The molecule has 1 unspecified atom stereocenters. The van der Waals surface area contributed by atoms with E-state index in [0.29, 0.717) is 0 Å². The molecule has 0 bridgehead atoms. The lowest BCUT2D eigenvalue weighted by Gasteiger charge is -1.96. The van der Waals surface area contributed by atoms with Gasteiger partial charge in [-0.05, 0) is 6.92 Å². The molecule has 0 aliphatic heterocycles. The first-order valence-corrected chi connectivity index (χ1v) is 4.40. The minimum absolute atomic E-state index is 0.125. The maximum absolute atomic E-state index is 8.17. The third kappa shape index (κ3) is 41.7. The van der Waals surface area contributed by atoms with Crippen LogP contribution >= 0.6 is 0 Å². The molecule has 96 valence electrons. The van der Waals surface area contributed by atoms with Crippen molar-refractivity contribution < 1.29 is 35.7 Å². The van der Waals surface area contributed by atoms with Gasteiger partial charge in [-0.3, -0.25) is 0 Å². The highest BCUT2D eigenvalue weighted by Crippen LogP contribution is 1.71. The van der Waals surface area contributed by atoms with Crippen molar-refractivity contribution in [2.75, 3.05) is 33.0 Å². The Morgan fingerprint density at radius 2 is 1.00 bits per heavy atom. The van der Waals surface area contributed by atoms with Gasteiger partial charge in [0.05, 0.1) is 39.1 Å². The molecule has 1 atom stereocenters. The van der Waals surface area contributed by atoms with Crippen molar-refractivity contribution in [1.29, 1.82) is 0 Å². The van der Waals surface area contributed by atoms with Crippen LogP contribution in [-0.2, 0) is 0 Å². The maximum Gasteiger partial charge on any atom is 0.100 e. The summed E-state index contributed by atoms with van der Waals surface area (Å²) in [5, 5.41) is 55.3. The van der Waals surface area contributed by atoms with Gasteiger partial charge in [-0.25, -0.2) is 0 Å². The van der Waals surface area contributed by atoms with Gasteiger partial charge in [-0.15, -0.1) is 0 Å². The fraction of sp³-hybridized carbons (Fsp3) is 1.00. The van der Waals surface area contributed by atoms with Gasteiger partial charge in [0.2, 0.25) is 0 Å². The first-order valence-electron chi connectivity index (χ1n) is 4.40. The van der Waals surface area contributed by atoms with E-state index in [2.05, 4.69) is 0 Å². The summed E-state index contributed by atoms with van der Waals surface area (Å²) in [6, 6.07) is 0. The SMILES string of the molecule is CC(O)CO.OCC(O)CO.OCCO. The molecule has 0 heterocycles. The van der Waals surface area contributed by atoms with Crippen LogP contribution < -0.4 is 0 Å². The molecule has 7 heteroatoms. The summed E-state index contributed by atoms with van der Waals surface area (Å²) in [4.78, 5) is 0. The number of rotatable bonds is 4. The molecule has 7 nitrogen and oxygen atoms in total. The molecule has 0 aromatic heterocycles. The number of aliphatic hydroxyl groups excluding tert-OH is 7. The first-order chi connectivity index (χ1) is 6.99. The smallest absolute Gasteiger partial charge is 0.100 e. The van der Waals surface area contributed by atoms with Crippen LogP contribution in [0.15, 0.2) is 0 Å². The van der Waals surface area contributed by atoms with Gasteiger partial charge in [-0.2, -0.15) is 0 Å². The molecular formula is C8H22O7. The van der Waals surface area contributed by atoms with Crippen LogP contribution in [0, 0.1) is 0 Å². The molecule has 0 fully saturated rings. The molecule has 0 rings (SSSR count). The van der Waals surface area contributed by atoms with E-state index in [1.165, 1.54) is 6.92 Å². The Balaban J connectivity index is -0.000000147. The monoisotopic (exact) mass is 230 g/mol. The summed E-state index contributed by atoms with van der Waals surface area (Å²) in [6.07, 6.45) is -1.51. The molecule has 0 saturated heterocycles. The van der Waals surface area contributed by atoms with Crippen LogP contribution in [0.3, 0.4) is 0 Å². The quantitative estimate of drug-likeness (QED) is 0.268. The highest BCUT2D eigenvalue weighted by Gasteiger charge is 1.93. The molecule has 0 spiro atoms. The van der Waals surface area contributed by atoms with Gasteiger partial charge in [0, 0.05) is 0 Å². The van der Waals surface area contributed by atoms with E-state index >= 15 is 0 Å². The zero-order chi connectivity index (χ0) is 12.7. The maximum atomic E-state index is 8.17. The minimum Gasteiger partial charge on any atom is -0.394 e. The summed E-state index contributed by atoms with van der Waals surface area (Å²) in [5.74, 6) is 0. The lowest BCUT2D eigenvalue weighted by Crippen LogP contribution is -2.15. The topological polar surface area (TPSA) is 142 Å². The van der Waals surface area contributed by atoms with Crippen LogP contribution in [-0.4, -0.2) is 81.0 Å². The highest BCUT2D eigenvalue weighted by molar-refractivity contribution is 4.44. The summed E-state index contributed by atoms with van der Waals surface area (Å²) >= 11 is 0. The number of hydrogen-bond acceptors (Lipinski definition) is 7. The first kappa shape index (κ1) is 20.2. The molecule has 0 aromatic carbocycles. The molecule has 0 saturated carbocycles. The number of aliphatic hydroxyl groups is 7. The van der Waals surface area contributed by atoms with E-state index in [0.717, 1.165) is 0 Å². The summed E-state index contributed by atoms with van der Waals surface area (Å²) in [5.41, 5.74) is 0. The van der Waals surface area contributed by atoms with E-state index < -0.39 is 12.2 Å². The van der Waals surface area contributed by atoms with Crippen molar-refractivity contribution in [3.05, 3.63) is 0 Å². The Morgan fingerprint density at radius 3 is 1.00 bits per heavy atom. The Kier molecular flexibility index (Phi) is 26.0. The van der Waals surface area contributed by atoms with Crippen molar-refractivity contribution in [2.24, 2.45) is 0 Å². The molecule has 0 amide bonds. The highest BCUT2D eigenvalue weighted by atomic mass is 16.3. The average Bonchev–Trinajstić information content (AvgIpc) is 2.28. The normalized spacial score (nSPS) is 11.0. The molecule has 7 N–H and O–H groups in total. The summed E-state index contributed by atoms with van der Waals surface area (Å²) < 4.78 is 0.